The fraction of sp³-hybridized carbons (Fsp3) is 0.0741. The number of esters is 1. The standard InChI is InChI=1S/C27H25NO2P/c1-30-27(29)21-17-18-22(26(28)19-21)20-31(23-11-5-2-6-12-23,24-13-7-3-8-14-24)25-15-9-4-10-16-25/h2-19H,20,28H2,1H3/q+1. The highest BCUT2D eigenvalue weighted by molar-refractivity contribution is 7.95. The van der Waals surface area contributed by atoms with Crippen LogP contribution in [0.1, 0.15) is 15.9 Å². The summed E-state index contributed by atoms with van der Waals surface area (Å²) in [4.78, 5) is 12.0. The highest BCUT2D eigenvalue weighted by atomic mass is 31.2. The molecule has 0 heterocycles. The smallest absolute Gasteiger partial charge is 0.337 e. The molecule has 0 aliphatic carbocycles. The summed E-state index contributed by atoms with van der Waals surface area (Å²) in [5.74, 6) is -0.381. The molecule has 31 heavy (non-hydrogen) atoms. The molecule has 0 aliphatic heterocycles. The zero-order valence-corrected chi connectivity index (χ0v) is 18.3. The van der Waals surface area contributed by atoms with Gasteiger partial charge in [-0.15, -0.1) is 0 Å². The Morgan fingerprint density at radius 1 is 0.742 bits per heavy atom. The number of carbonyl (C=O) groups is 1. The fourth-order valence-corrected chi connectivity index (χ4v) is 8.29. The second-order valence-corrected chi connectivity index (χ2v) is 10.9. The molecule has 2 N–H and O–H groups in total. The lowest BCUT2D eigenvalue weighted by Crippen LogP contribution is -2.32. The molecule has 0 amide bonds. The van der Waals surface area contributed by atoms with Gasteiger partial charge in [-0.3, -0.25) is 0 Å². The Morgan fingerprint density at radius 2 is 1.19 bits per heavy atom. The highest BCUT2D eigenvalue weighted by Gasteiger charge is 2.45. The number of rotatable bonds is 6. The van der Waals surface area contributed by atoms with Gasteiger partial charge >= 0.3 is 5.97 Å². The van der Waals surface area contributed by atoms with Crippen molar-refractivity contribution in [3.63, 3.8) is 0 Å². The van der Waals surface area contributed by atoms with Crippen LogP contribution in [0.5, 0.6) is 0 Å². The Kier molecular flexibility index (Phi) is 6.16. The van der Waals surface area contributed by atoms with Gasteiger partial charge in [0.1, 0.15) is 29.3 Å². The molecule has 4 aromatic carbocycles. The van der Waals surface area contributed by atoms with E-state index in [1.54, 1.807) is 12.1 Å². The zero-order valence-electron chi connectivity index (χ0n) is 17.4. The van der Waals surface area contributed by atoms with E-state index in [0.29, 0.717) is 11.3 Å². The lowest BCUT2D eigenvalue weighted by Gasteiger charge is -2.28. The van der Waals surface area contributed by atoms with E-state index < -0.39 is 7.26 Å². The molecule has 0 aliphatic rings. The van der Waals surface area contributed by atoms with Crippen molar-refractivity contribution in [3.05, 3.63) is 120 Å². The SMILES string of the molecule is COC(=O)c1ccc(C[P+](c2ccccc2)(c2ccccc2)c2ccccc2)c(N)c1. The molecule has 3 nitrogen and oxygen atoms in total. The van der Waals surface area contributed by atoms with Crippen LogP contribution in [0.15, 0.2) is 109 Å². The average Bonchev–Trinajstić information content (AvgIpc) is 2.84. The lowest BCUT2D eigenvalue weighted by atomic mass is 10.1. The maximum Gasteiger partial charge on any atom is 0.337 e. The predicted molar refractivity (Wildman–Crippen MR) is 131 cm³/mol. The van der Waals surface area contributed by atoms with Gasteiger partial charge in [0.25, 0.3) is 0 Å². The molecule has 0 saturated heterocycles. The monoisotopic (exact) mass is 426 g/mol. The van der Waals surface area contributed by atoms with Gasteiger partial charge in [0.2, 0.25) is 0 Å². The van der Waals surface area contributed by atoms with Crippen molar-refractivity contribution in [1.29, 1.82) is 0 Å². The molecule has 0 radical (unpaired) electrons. The Morgan fingerprint density at radius 3 is 1.58 bits per heavy atom. The summed E-state index contributed by atoms with van der Waals surface area (Å²) in [6.45, 7) is 0. The van der Waals surface area contributed by atoms with Crippen molar-refractivity contribution in [1.82, 2.24) is 0 Å². The first-order valence-electron chi connectivity index (χ1n) is 10.2. The van der Waals surface area contributed by atoms with Crippen molar-refractivity contribution in [2.24, 2.45) is 0 Å². The minimum atomic E-state index is -2.04. The van der Waals surface area contributed by atoms with Gasteiger partial charge in [-0.1, -0.05) is 60.7 Å². The zero-order chi connectivity index (χ0) is 21.7. The van der Waals surface area contributed by atoms with Gasteiger partial charge in [-0.05, 0) is 48.5 Å². The van der Waals surface area contributed by atoms with Crippen molar-refractivity contribution in [2.75, 3.05) is 12.8 Å². The van der Waals surface area contributed by atoms with Crippen molar-refractivity contribution < 1.29 is 9.53 Å². The van der Waals surface area contributed by atoms with E-state index in [2.05, 4.69) is 72.8 Å². The van der Waals surface area contributed by atoms with Gasteiger partial charge in [0.05, 0.1) is 12.7 Å². The van der Waals surface area contributed by atoms with Crippen LogP contribution in [0.2, 0.25) is 0 Å². The minimum Gasteiger partial charge on any atom is -0.465 e. The third-order valence-electron chi connectivity index (χ3n) is 5.57. The minimum absolute atomic E-state index is 0.381. The van der Waals surface area contributed by atoms with Crippen LogP contribution in [0, 0.1) is 0 Å². The van der Waals surface area contributed by atoms with E-state index in [4.69, 9.17) is 10.5 Å². The second kappa shape index (κ2) is 9.16. The summed E-state index contributed by atoms with van der Waals surface area (Å²) in [5.41, 5.74) is 8.56. The van der Waals surface area contributed by atoms with Gasteiger partial charge in [0.15, 0.2) is 0 Å². The van der Waals surface area contributed by atoms with Crippen molar-refractivity contribution in [2.45, 2.75) is 6.16 Å². The number of nitrogen functional groups attached to an aromatic ring is 1. The molecule has 4 rings (SSSR count). The molecule has 0 aromatic heterocycles. The van der Waals surface area contributed by atoms with Gasteiger partial charge in [-0.2, -0.15) is 0 Å². The molecule has 4 aromatic rings. The van der Waals surface area contributed by atoms with Crippen LogP contribution in [0.3, 0.4) is 0 Å². The van der Waals surface area contributed by atoms with Gasteiger partial charge in [-0.25, -0.2) is 4.79 Å². The summed E-state index contributed by atoms with van der Waals surface area (Å²) < 4.78 is 4.85. The molecule has 154 valence electrons. The number of ether oxygens (including phenoxy) is 1. The summed E-state index contributed by atoms with van der Waals surface area (Å²) in [6.07, 6.45) is 0.762. The van der Waals surface area contributed by atoms with Crippen LogP contribution in [0.4, 0.5) is 5.69 Å². The van der Waals surface area contributed by atoms with E-state index in [0.717, 1.165) is 11.7 Å². The van der Waals surface area contributed by atoms with Crippen molar-refractivity contribution in [3.8, 4) is 0 Å². The molecule has 0 spiro atoms. The van der Waals surface area contributed by atoms with Crippen LogP contribution >= 0.6 is 7.26 Å². The molecule has 0 bridgehead atoms. The first-order chi connectivity index (χ1) is 15.1. The Bertz CT molecular complexity index is 1070. The first-order valence-corrected chi connectivity index (χ1v) is 12.1. The van der Waals surface area contributed by atoms with Crippen LogP contribution in [0.25, 0.3) is 0 Å². The fourth-order valence-electron chi connectivity index (χ4n) is 4.01. The molecule has 0 unspecified atom stereocenters. The maximum absolute atomic E-state index is 12.0. The number of benzene rings is 4. The number of hydrogen-bond donors (Lipinski definition) is 1. The molecule has 0 fully saturated rings. The number of anilines is 1. The summed E-state index contributed by atoms with van der Waals surface area (Å²) >= 11 is 0. The summed E-state index contributed by atoms with van der Waals surface area (Å²) in [6, 6.07) is 37.5. The predicted octanol–water partition coefficient (Wildman–Crippen LogP) is 4.55. The maximum atomic E-state index is 12.0. The number of carbonyl (C=O) groups excluding carboxylic acids is 1. The number of nitrogens with two attached hydrogens (primary N) is 1. The van der Waals surface area contributed by atoms with E-state index in [9.17, 15) is 4.79 Å². The number of hydrogen-bond acceptors (Lipinski definition) is 3. The average molecular weight is 426 g/mol. The molecule has 4 heteroatoms. The summed E-state index contributed by atoms with van der Waals surface area (Å²) in [5, 5.41) is 3.89. The Labute approximate surface area is 183 Å². The largest absolute Gasteiger partial charge is 0.465 e. The third kappa shape index (κ3) is 4.10. The van der Waals surface area contributed by atoms with Crippen LogP contribution in [-0.4, -0.2) is 13.1 Å². The van der Waals surface area contributed by atoms with Crippen LogP contribution in [-0.2, 0) is 10.9 Å². The number of methoxy groups -OCH3 is 1. The molecular formula is C27H25NO2P+. The summed E-state index contributed by atoms with van der Waals surface area (Å²) in [7, 11) is -0.666. The Hall–Kier alpha value is -3.42. The quantitative estimate of drug-likeness (QED) is 0.280. The third-order valence-corrected chi connectivity index (χ3v) is 9.92. The first kappa shape index (κ1) is 20.8. The van der Waals surface area contributed by atoms with Crippen LogP contribution < -0.4 is 21.6 Å². The second-order valence-electron chi connectivity index (χ2n) is 7.38. The van der Waals surface area contributed by atoms with Crippen molar-refractivity contribution >= 4 is 34.8 Å². The lowest BCUT2D eigenvalue weighted by molar-refractivity contribution is 0.0601. The normalized spacial score (nSPS) is 11.1. The van der Waals surface area contributed by atoms with E-state index in [1.807, 2.05) is 24.3 Å². The van der Waals surface area contributed by atoms with E-state index >= 15 is 0 Å². The van der Waals surface area contributed by atoms with E-state index in [1.165, 1.54) is 23.0 Å². The molecular weight excluding hydrogens is 401 g/mol. The van der Waals surface area contributed by atoms with E-state index in [-0.39, 0.29) is 5.97 Å². The van der Waals surface area contributed by atoms with Gasteiger partial charge < -0.3 is 10.5 Å². The highest BCUT2D eigenvalue weighted by Crippen LogP contribution is 2.58. The molecule has 0 atom stereocenters. The van der Waals surface area contributed by atoms with Gasteiger partial charge in [0, 0.05) is 11.3 Å². The molecule has 0 saturated carbocycles. The Balaban J connectivity index is 1.94. The topological polar surface area (TPSA) is 52.3 Å².